The molecule has 0 aliphatic heterocycles. The highest BCUT2D eigenvalue weighted by Gasteiger charge is 2.19. The van der Waals surface area contributed by atoms with Crippen LogP contribution in [-0.2, 0) is 11.8 Å². The van der Waals surface area contributed by atoms with E-state index in [0.717, 1.165) is 5.56 Å². The van der Waals surface area contributed by atoms with Crippen molar-refractivity contribution < 1.29 is 14.3 Å². The molecule has 0 saturated carbocycles. The van der Waals surface area contributed by atoms with E-state index in [1.165, 1.54) is 11.8 Å². The Hall–Kier alpha value is -3.04. The van der Waals surface area contributed by atoms with Crippen LogP contribution in [0.5, 0.6) is 5.75 Å². The molecule has 3 rings (SSSR count). The molecule has 1 atom stereocenters. The van der Waals surface area contributed by atoms with Gasteiger partial charge in [0.05, 0.1) is 18.9 Å². The number of rotatable bonds is 8. The van der Waals surface area contributed by atoms with Gasteiger partial charge in [0, 0.05) is 23.3 Å². The van der Waals surface area contributed by atoms with Crippen LogP contribution in [0.3, 0.4) is 0 Å². The Bertz CT molecular complexity index is 1120. The zero-order chi connectivity index (χ0) is 23.3. The Balaban J connectivity index is 1.57. The highest BCUT2D eigenvalue weighted by atomic mass is 35.5. The van der Waals surface area contributed by atoms with Crippen LogP contribution in [0, 0.1) is 6.92 Å². The lowest BCUT2D eigenvalue weighted by Crippen LogP contribution is -2.28. The molecule has 0 radical (unpaired) electrons. The maximum Gasteiger partial charge on any atom is 0.251 e. The number of hydrogen-bond donors (Lipinski definition) is 2. The summed E-state index contributed by atoms with van der Waals surface area (Å²) in [4.78, 5) is 24.8. The largest absolute Gasteiger partial charge is 0.497 e. The number of benzene rings is 2. The zero-order valence-corrected chi connectivity index (χ0v) is 19.8. The molecule has 8 nitrogen and oxygen atoms in total. The van der Waals surface area contributed by atoms with Gasteiger partial charge in [-0.2, -0.15) is 0 Å². The van der Waals surface area contributed by atoms with E-state index < -0.39 is 0 Å². The molecule has 2 aromatic carbocycles. The average Bonchev–Trinajstić information content (AvgIpc) is 3.14. The normalized spacial score (nSPS) is 11.7. The number of nitrogens with one attached hydrogen (secondary N) is 2. The number of halogens is 1. The first kappa shape index (κ1) is 23.6. The van der Waals surface area contributed by atoms with Crippen LogP contribution in [0.1, 0.15) is 34.7 Å². The Morgan fingerprint density at radius 2 is 1.91 bits per heavy atom. The molecule has 0 aliphatic carbocycles. The topological polar surface area (TPSA) is 98.1 Å². The monoisotopic (exact) mass is 473 g/mol. The van der Waals surface area contributed by atoms with E-state index >= 15 is 0 Å². The molecule has 3 aromatic rings. The third kappa shape index (κ3) is 5.80. The van der Waals surface area contributed by atoms with Crippen molar-refractivity contribution in [2.75, 3.05) is 18.2 Å². The molecular formula is C22H24ClN5O3S. The van der Waals surface area contributed by atoms with Gasteiger partial charge in [0.2, 0.25) is 5.91 Å². The Morgan fingerprint density at radius 1 is 1.19 bits per heavy atom. The summed E-state index contributed by atoms with van der Waals surface area (Å²) in [5.74, 6) is 1.05. The molecule has 1 aromatic heterocycles. The zero-order valence-electron chi connectivity index (χ0n) is 18.2. The summed E-state index contributed by atoms with van der Waals surface area (Å²) >= 11 is 7.22. The fourth-order valence-corrected chi connectivity index (χ4v) is 3.94. The molecule has 2 amide bonds. The van der Waals surface area contributed by atoms with Crippen LogP contribution in [0.15, 0.2) is 47.6 Å². The van der Waals surface area contributed by atoms with E-state index in [9.17, 15) is 9.59 Å². The van der Waals surface area contributed by atoms with Crippen molar-refractivity contribution >= 4 is 40.9 Å². The predicted octanol–water partition coefficient (Wildman–Crippen LogP) is 4.01. The van der Waals surface area contributed by atoms with Gasteiger partial charge in [0.25, 0.3) is 5.91 Å². The number of carbonyl (C=O) groups is 2. The van der Waals surface area contributed by atoms with Crippen LogP contribution >= 0.6 is 23.4 Å². The minimum atomic E-state index is -0.373. The van der Waals surface area contributed by atoms with Gasteiger partial charge in [0.1, 0.15) is 5.75 Å². The number of aromatic nitrogens is 3. The summed E-state index contributed by atoms with van der Waals surface area (Å²) in [5, 5.41) is 15.3. The maximum atomic E-state index is 12.5. The summed E-state index contributed by atoms with van der Waals surface area (Å²) in [7, 11) is 3.37. The van der Waals surface area contributed by atoms with Gasteiger partial charge in [-0.25, -0.2) is 0 Å². The number of ether oxygens (including phenoxy) is 1. The highest BCUT2D eigenvalue weighted by molar-refractivity contribution is 7.99. The first-order valence-corrected chi connectivity index (χ1v) is 11.2. The van der Waals surface area contributed by atoms with E-state index in [2.05, 4.69) is 20.8 Å². The number of methoxy groups -OCH3 is 1. The summed E-state index contributed by atoms with van der Waals surface area (Å²) in [6.45, 7) is 3.71. The third-order valence-electron chi connectivity index (χ3n) is 4.75. The third-order valence-corrected chi connectivity index (χ3v) is 6.01. The molecule has 0 unspecified atom stereocenters. The SMILES string of the molecule is COc1ccc(C(=O)N[C@H](C)c2nnc(SCC(=O)Nc3ccc(Cl)cc3C)n2C)cc1. The van der Waals surface area contributed by atoms with Crippen molar-refractivity contribution in [3.05, 3.63) is 64.4 Å². The van der Waals surface area contributed by atoms with Gasteiger partial charge >= 0.3 is 0 Å². The molecule has 0 spiro atoms. The first-order chi connectivity index (χ1) is 15.3. The van der Waals surface area contributed by atoms with Crippen molar-refractivity contribution in [1.29, 1.82) is 0 Å². The second kappa shape index (κ2) is 10.5. The maximum absolute atomic E-state index is 12.5. The molecule has 0 aliphatic rings. The van der Waals surface area contributed by atoms with Gasteiger partial charge in [-0.15, -0.1) is 10.2 Å². The van der Waals surface area contributed by atoms with Gasteiger partial charge in [-0.05, 0) is 61.9 Å². The molecule has 32 heavy (non-hydrogen) atoms. The standard InChI is InChI=1S/C22H24ClN5O3S/c1-13-11-16(23)7-10-18(13)25-19(29)12-32-22-27-26-20(28(22)3)14(2)24-21(30)15-5-8-17(31-4)9-6-15/h5-11,14H,12H2,1-4H3,(H,24,30)(H,25,29)/t14-/m1/s1. The first-order valence-electron chi connectivity index (χ1n) is 9.81. The molecule has 1 heterocycles. The lowest BCUT2D eigenvalue weighted by molar-refractivity contribution is -0.113. The van der Waals surface area contributed by atoms with Gasteiger partial charge in [0.15, 0.2) is 11.0 Å². The van der Waals surface area contributed by atoms with E-state index in [0.29, 0.717) is 33.0 Å². The van der Waals surface area contributed by atoms with Gasteiger partial charge in [-0.3, -0.25) is 9.59 Å². The average molecular weight is 474 g/mol. The van der Waals surface area contributed by atoms with Crippen molar-refractivity contribution in [3.63, 3.8) is 0 Å². The van der Waals surface area contributed by atoms with Crippen molar-refractivity contribution in [2.45, 2.75) is 25.0 Å². The van der Waals surface area contributed by atoms with E-state index in [1.807, 2.05) is 13.8 Å². The highest BCUT2D eigenvalue weighted by Crippen LogP contribution is 2.22. The molecule has 168 valence electrons. The summed E-state index contributed by atoms with van der Waals surface area (Å²) < 4.78 is 6.88. The number of anilines is 1. The predicted molar refractivity (Wildman–Crippen MR) is 125 cm³/mol. The number of aryl methyl sites for hydroxylation is 1. The number of amides is 2. The molecular weight excluding hydrogens is 450 g/mol. The molecule has 10 heteroatoms. The number of nitrogens with zero attached hydrogens (tertiary/aromatic N) is 3. The summed E-state index contributed by atoms with van der Waals surface area (Å²) in [5.41, 5.74) is 2.12. The fourth-order valence-electron chi connectivity index (χ4n) is 3.00. The van der Waals surface area contributed by atoms with E-state index in [1.54, 1.807) is 61.2 Å². The number of thioether (sulfide) groups is 1. The Kier molecular flexibility index (Phi) is 7.76. The van der Waals surface area contributed by atoms with Crippen LogP contribution in [0.25, 0.3) is 0 Å². The van der Waals surface area contributed by atoms with Crippen molar-refractivity contribution in [1.82, 2.24) is 20.1 Å². The molecule has 0 bridgehead atoms. The smallest absolute Gasteiger partial charge is 0.251 e. The van der Waals surface area contributed by atoms with Crippen molar-refractivity contribution in [2.24, 2.45) is 7.05 Å². The van der Waals surface area contributed by atoms with Gasteiger partial charge < -0.3 is 19.9 Å². The van der Waals surface area contributed by atoms with Crippen molar-refractivity contribution in [3.8, 4) is 5.75 Å². The quantitative estimate of drug-likeness (QED) is 0.480. The molecule has 2 N–H and O–H groups in total. The molecule has 0 fully saturated rings. The van der Waals surface area contributed by atoms with Crippen LogP contribution in [-0.4, -0.2) is 39.4 Å². The second-order valence-corrected chi connectivity index (χ2v) is 8.50. The Morgan fingerprint density at radius 3 is 2.56 bits per heavy atom. The van der Waals surface area contributed by atoms with Crippen LogP contribution in [0.4, 0.5) is 5.69 Å². The number of hydrogen-bond acceptors (Lipinski definition) is 6. The van der Waals surface area contributed by atoms with E-state index in [4.69, 9.17) is 16.3 Å². The summed E-state index contributed by atoms with van der Waals surface area (Å²) in [6.07, 6.45) is 0. The lowest BCUT2D eigenvalue weighted by atomic mass is 10.2. The summed E-state index contributed by atoms with van der Waals surface area (Å²) in [6, 6.07) is 11.8. The minimum Gasteiger partial charge on any atom is -0.497 e. The fraction of sp³-hybridized carbons (Fsp3) is 0.273. The number of carbonyl (C=O) groups excluding carboxylic acids is 2. The second-order valence-electron chi connectivity index (χ2n) is 7.12. The Labute approximate surface area is 195 Å². The molecule has 0 saturated heterocycles. The van der Waals surface area contributed by atoms with Gasteiger partial charge in [-0.1, -0.05) is 23.4 Å². The van der Waals surface area contributed by atoms with Crippen LogP contribution in [0.2, 0.25) is 5.02 Å². The van der Waals surface area contributed by atoms with Crippen LogP contribution < -0.4 is 15.4 Å². The van der Waals surface area contributed by atoms with E-state index in [-0.39, 0.29) is 23.6 Å². The lowest BCUT2D eigenvalue weighted by Gasteiger charge is -2.14. The minimum absolute atomic E-state index is 0.161.